The lowest BCUT2D eigenvalue weighted by Gasteiger charge is -2.33. The van der Waals surface area contributed by atoms with Crippen molar-refractivity contribution >= 4 is 21.4 Å². The fraction of sp³-hybridized carbons (Fsp3) is 0.182. The first-order valence-corrected chi connectivity index (χ1v) is 9.87. The summed E-state index contributed by atoms with van der Waals surface area (Å²) in [5.41, 5.74) is 4.92. The van der Waals surface area contributed by atoms with Gasteiger partial charge < -0.3 is 10.0 Å². The molecule has 134 valence electrons. The molecule has 1 aliphatic rings. The molecule has 0 amide bonds. The Morgan fingerprint density at radius 1 is 1.15 bits per heavy atom. The Labute approximate surface area is 161 Å². The number of benzene rings is 2. The molecule has 1 unspecified atom stereocenters. The van der Waals surface area contributed by atoms with E-state index in [0.29, 0.717) is 11.4 Å². The van der Waals surface area contributed by atoms with Crippen LogP contribution in [0.1, 0.15) is 22.6 Å². The fourth-order valence-corrected chi connectivity index (χ4v) is 4.85. The van der Waals surface area contributed by atoms with E-state index in [-0.39, 0.29) is 5.92 Å². The molecule has 2 aromatic carbocycles. The minimum absolute atomic E-state index is 0.243. The number of phenols is 1. The van der Waals surface area contributed by atoms with Gasteiger partial charge in [0.2, 0.25) is 0 Å². The summed E-state index contributed by atoms with van der Waals surface area (Å²) in [5, 5.41) is 22.5. The highest BCUT2D eigenvalue weighted by atomic mass is 32.1. The molecule has 0 radical (unpaired) electrons. The highest BCUT2D eigenvalue weighted by molar-refractivity contribution is 7.17. The molecule has 5 heteroatoms. The zero-order valence-electron chi connectivity index (χ0n) is 15.0. The number of likely N-dealkylation sites (N-methyl/N-ethyl adjacent to an activating group) is 1. The first-order valence-electron chi connectivity index (χ1n) is 8.99. The molecular weight excluding hydrogens is 354 g/mol. The number of aromatic hydroxyl groups is 1. The second-order valence-electron chi connectivity index (χ2n) is 7.11. The Balaban J connectivity index is 1.64. The van der Waals surface area contributed by atoms with Crippen LogP contribution < -0.4 is 0 Å². The third kappa shape index (κ3) is 2.80. The Morgan fingerprint density at radius 3 is 2.93 bits per heavy atom. The van der Waals surface area contributed by atoms with Crippen LogP contribution in [0.5, 0.6) is 5.75 Å². The fourth-order valence-electron chi connectivity index (χ4n) is 4.01. The summed E-state index contributed by atoms with van der Waals surface area (Å²) < 4.78 is 1.31. The van der Waals surface area contributed by atoms with Gasteiger partial charge in [-0.2, -0.15) is 10.2 Å². The second-order valence-corrected chi connectivity index (χ2v) is 8.05. The van der Waals surface area contributed by atoms with Crippen LogP contribution in [-0.4, -0.2) is 33.8 Å². The lowest BCUT2D eigenvalue weighted by molar-refractivity contribution is 0.288. The van der Waals surface area contributed by atoms with Gasteiger partial charge in [0.1, 0.15) is 5.75 Å². The smallest absolute Gasteiger partial charge is 0.129 e. The molecular formula is C22H19N3OS. The van der Waals surface area contributed by atoms with Crippen LogP contribution in [-0.2, 0) is 6.54 Å². The third-order valence-corrected chi connectivity index (χ3v) is 6.23. The van der Waals surface area contributed by atoms with E-state index in [2.05, 4.69) is 57.9 Å². The summed E-state index contributed by atoms with van der Waals surface area (Å²) in [4.78, 5) is 2.27. The topological polar surface area (TPSA) is 49.2 Å². The summed E-state index contributed by atoms with van der Waals surface area (Å²) in [7, 11) is 2.11. The SMILES string of the molecule is CN1Cc2c(ccc(-c3cccnn3)c2O)C(c2ccc3ccsc3c2)C1. The van der Waals surface area contributed by atoms with Gasteiger partial charge >= 0.3 is 0 Å². The van der Waals surface area contributed by atoms with Gasteiger partial charge in [-0.3, -0.25) is 0 Å². The van der Waals surface area contributed by atoms with Gasteiger partial charge in [0.05, 0.1) is 5.69 Å². The number of hydrogen-bond donors (Lipinski definition) is 1. The zero-order valence-corrected chi connectivity index (χ0v) is 15.8. The summed E-state index contributed by atoms with van der Waals surface area (Å²) in [6.45, 7) is 1.67. The normalized spacial score (nSPS) is 17.1. The van der Waals surface area contributed by atoms with Gasteiger partial charge in [0.25, 0.3) is 0 Å². The molecule has 0 aliphatic carbocycles. The van der Waals surface area contributed by atoms with Crippen molar-refractivity contribution in [3.05, 3.63) is 76.8 Å². The monoisotopic (exact) mass is 373 g/mol. The van der Waals surface area contributed by atoms with E-state index in [0.717, 1.165) is 24.2 Å². The number of rotatable bonds is 2. The van der Waals surface area contributed by atoms with Crippen molar-refractivity contribution in [2.24, 2.45) is 0 Å². The average Bonchev–Trinajstić information content (AvgIpc) is 3.17. The van der Waals surface area contributed by atoms with Gasteiger partial charge in [0, 0.05) is 41.0 Å². The summed E-state index contributed by atoms with van der Waals surface area (Å²) in [6, 6.07) is 16.7. The molecule has 2 aromatic heterocycles. The Morgan fingerprint density at radius 2 is 2.07 bits per heavy atom. The number of phenolic OH excluding ortho intramolecular Hbond substituents is 1. The van der Waals surface area contributed by atoms with E-state index in [1.165, 1.54) is 21.2 Å². The molecule has 4 aromatic rings. The number of thiophene rings is 1. The van der Waals surface area contributed by atoms with Crippen molar-refractivity contribution in [2.75, 3.05) is 13.6 Å². The van der Waals surface area contributed by atoms with Gasteiger partial charge in [-0.25, -0.2) is 0 Å². The van der Waals surface area contributed by atoms with E-state index in [9.17, 15) is 5.11 Å². The first-order chi connectivity index (χ1) is 13.2. The molecule has 1 N–H and O–H groups in total. The molecule has 0 spiro atoms. The molecule has 27 heavy (non-hydrogen) atoms. The van der Waals surface area contributed by atoms with Crippen LogP contribution in [0.4, 0.5) is 0 Å². The van der Waals surface area contributed by atoms with Crippen LogP contribution >= 0.6 is 11.3 Å². The summed E-state index contributed by atoms with van der Waals surface area (Å²) in [5.74, 6) is 0.564. The Bertz CT molecular complexity index is 1120. The molecule has 4 nitrogen and oxygen atoms in total. The standard InChI is InChI=1S/C22H19N3OS/c1-25-12-18(15-5-4-14-8-10-27-21(14)11-15)16-6-7-17(22(26)19(16)13-25)20-3-2-9-23-24-20/h2-11,18,26H,12-13H2,1H3. The predicted molar refractivity (Wildman–Crippen MR) is 109 cm³/mol. The number of hydrogen-bond acceptors (Lipinski definition) is 5. The predicted octanol–water partition coefficient (Wildman–Crippen LogP) is 4.64. The minimum atomic E-state index is 0.243. The van der Waals surface area contributed by atoms with Crippen molar-refractivity contribution < 1.29 is 5.11 Å². The van der Waals surface area contributed by atoms with E-state index < -0.39 is 0 Å². The second kappa shape index (κ2) is 6.44. The molecule has 0 saturated carbocycles. The van der Waals surface area contributed by atoms with Crippen LogP contribution in [0.15, 0.2) is 60.1 Å². The highest BCUT2D eigenvalue weighted by Gasteiger charge is 2.28. The molecule has 3 heterocycles. The van der Waals surface area contributed by atoms with Crippen molar-refractivity contribution in [2.45, 2.75) is 12.5 Å². The first kappa shape index (κ1) is 16.4. The molecule has 0 fully saturated rings. The van der Waals surface area contributed by atoms with E-state index in [1.807, 2.05) is 18.2 Å². The van der Waals surface area contributed by atoms with Gasteiger partial charge in [-0.15, -0.1) is 11.3 Å². The van der Waals surface area contributed by atoms with Crippen molar-refractivity contribution in [3.8, 4) is 17.0 Å². The highest BCUT2D eigenvalue weighted by Crippen LogP contribution is 2.42. The largest absolute Gasteiger partial charge is 0.507 e. The lowest BCUT2D eigenvalue weighted by Crippen LogP contribution is -2.31. The van der Waals surface area contributed by atoms with Crippen LogP contribution in [0.25, 0.3) is 21.3 Å². The quantitative estimate of drug-likeness (QED) is 0.556. The molecule has 1 aliphatic heterocycles. The maximum atomic E-state index is 11.0. The van der Waals surface area contributed by atoms with E-state index >= 15 is 0 Å². The van der Waals surface area contributed by atoms with Gasteiger partial charge in [-0.05, 0) is 59.3 Å². The molecule has 5 rings (SSSR count). The molecule has 0 saturated heterocycles. The van der Waals surface area contributed by atoms with E-state index in [1.54, 1.807) is 17.5 Å². The van der Waals surface area contributed by atoms with Gasteiger partial charge in [-0.1, -0.05) is 18.2 Å². The van der Waals surface area contributed by atoms with Crippen LogP contribution in [0.2, 0.25) is 0 Å². The Hall–Kier alpha value is -2.76. The van der Waals surface area contributed by atoms with Crippen LogP contribution in [0.3, 0.4) is 0 Å². The summed E-state index contributed by atoms with van der Waals surface area (Å²) >= 11 is 1.77. The zero-order chi connectivity index (χ0) is 18.4. The third-order valence-electron chi connectivity index (χ3n) is 5.35. The number of aromatic nitrogens is 2. The maximum Gasteiger partial charge on any atom is 0.129 e. The van der Waals surface area contributed by atoms with Gasteiger partial charge in [0.15, 0.2) is 0 Å². The van der Waals surface area contributed by atoms with Crippen molar-refractivity contribution in [1.29, 1.82) is 0 Å². The maximum absolute atomic E-state index is 11.0. The number of fused-ring (bicyclic) bond motifs is 2. The van der Waals surface area contributed by atoms with Crippen molar-refractivity contribution in [1.82, 2.24) is 15.1 Å². The number of nitrogens with zero attached hydrogens (tertiary/aromatic N) is 3. The molecule has 0 bridgehead atoms. The lowest BCUT2D eigenvalue weighted by atomic mass is 9.83. The van der Waals surface area contributed by atoms with Crippen LogP contribution in [0, 0.1) is 0 Å². The average molecular weight is 373 g/mol. The summed E-state index contributed by atoms with van der Waals surface area (Å²) in [6.07, 6.45) is 1.64. The van der Waals surface area contributed by atoms with Crippen molar-refractivity contribution in [3.63, 3.8) is 0 Å². The Kier molecular flexibility index (Phi) is 3.92. The molecule has 1 atom stereocenters. The minimum Gasteiger partial charge on any atom is -0.507 e. The van der Waals surface area contributed by atoms with E-state index in [4.69, 9.17) is 0 Å².